The van der Waals surface area contributed by atoms with E-state index < -0.39 is 12.1 Å². The first-order valence-electron chi connectivity index (χ1n) is 6.21. The number of nitrogens with one attached hydrogen (secondary N) is 3. The summed E-state index contributed by atoms with van der Waals surface area (Å²) >= 11 is 0. The molecule has 0 radical (unpaired) electrons. The number of hydrogen-bond donors (Lipinski definition) is 3. The molecule has 2 unspecified atom stereocenters. The van der Waals surface area contributed by atoms with Gasteiger partial charge in [0.25, 0.3) is 0 Å². The Hall–Kier alpha value is -1.63. The van der Waals surface area contributed by atoms with Crippen molar-refractivity contribution in [2.24, 2.45) is 0 Å². The fraction of sp³-hybridized carbons (Fsp3) is 0.727. The van der Waals surface area contributed by atoms with Gasteiger partial charge in [-0.3, -0.25) is 19.7 Å². The molecule has 7 heteroatoms. The van der Waals surface area contributed by atoms with E-state index in [0.29, 0.717) is 19.5 Å². The summed E-state index contributed by atoms with van der Waals surface area (Å²) in [6.07, 6.45) is 0.594. The first kappa shape index (κ1) is 12.8. The van der Waals surface area contributed by atoms with Gasteiger partial charge in [-0.05, 0) is 6.42 Å². The lowest BCUT2D eigenvalue weighted by Gasteiger charge is -2.37. The second kappa shape index (κ2) is 5.34. The van der Waals surface area contributed by atoms with Gasteiger partial charge in [-0.1, -0.05) is 6.92 Å². The van der Waals surface area contributed by atoms with E-state index in [4.69, 9.17) is 0 Å². The minimum atomic E-state index is -0.428. The molecule has 2 aliphatic rings. The van der Waals surface area contributed by atoms with Crippen molar-refractivity contribution in [1.29, 1.82) is 0 Å². The number of rotatable bonds is 2. The van der Waals surface area contributed by atoms with Crippen molar-refractivity contribution in [3.05, 3.63) is 0 Å². The zero-order valence-corrected chi connectivity index (χ0v) is 10.4. The lowest BCUT2D eigenvalue weighted by molar-refractivity contribution is -0.145. The van der Waals surface area contributed by atoms with Crippen LogP contribution in [0.4, 0.5) is 0 Å². The Kier molecular flexibility index (Phi) is 3.81. The maximum Gasteiger partial charge on any atom is 0.242 e. The van der Waals surface area contributed by atoms with E-state index in [1.165, 1.54) is 0 Å². The van der Waals surface area contributed by atoms with E-state index >= 15 is 0 Å². The number of carbonyl (C=O) groups is 3. The summed E-state index contributed by atoms with van der Waals surface area (Å²) in [6, 6.07) is -0.826. The highest BCUT2D eigenvalue weighted by molar-refractivity contribution is 5.92. The Labute approximate surface area is 105 Å². The van der Waals surface area contributed by atoms with E-state index in [-0.39, 0.29) is 30.8 Å². The Morgan fingerprint density at radius 3 is 2.78 bits per heavy atom. The monoisotopic (exact) mass is 254 g/mol. The second-order valence-corrected chi connectivity index (χ2v) is 4.48. The van der Waals surface area contributed by atoms with Gasteiger partial charge in [0, 0.05) is 19.6 Å². The first-order chi connectivity index (χ1) is 8.63. The molecule has 0 spiro atoms. The standard InChI is InChI=1S/C11H18N4O3/c1-2-8-10(17)12-3-4-15(8)11(18)7-5-14-9(16)6-13-7/h7-8,13H,2-6H2,1H3,(H,12,17)(H,14,16). The highest BCUT2D eigenvalue weighted by atomic mass is 16.2. The molecular formula is C11H18N4O3. The topological polar surface area (TPSA) is 90.5 Å². The lowest BCUT2D eigenvalue weighted by atomic mass is 10.1. The van der Waals surface area contributed by atoms with Crippen molar-refractivity contribution in [3.63, 3.8) is 0 Å². The highest BCUT2D eigenvalue weighted by Crippen LogP contribution is 2.10. The molecule has 2 aliphatic heterocycles. The van der Waals surface area contributed by atoms with Crippen molar-refractivity contribution in [2.75, 3.05) is 26.2 Å². The van der Waals surface area contributed by atoms with E-state index in [0.717, 1.165) is 0 Å². The molecule has 0 bridgehead atoms. The van der Waals surface area contributed by atoms with Gasteiger partial charge in [-0.25, -0.2) is 0 Å². The largest absolute Gasteiger partial charge is 0.353 e. The zero-order chi connectivity index (χ0) is 13.1. The summed E-state index contributed by atoms with van der Waals surface area (Å²) < 4.78 is 0. The molecule has 7 nitrogen and oxygen atoms in total. The van der Waals surface area contributed by atoms with Crippen molar-refractivity contribution in [3.8, 4) is 0 Å². The third-order valence-electron chi connectivity index (χ3n) is 3.31. The normalized spacial score (nSPS) is 28.6. The summed E-state index contributed by atoms with van der Waals surface area (Å²) in [5.74, 6) is -0.323. The quantitative estimate of drug-likeness (QED) is 0.522. The summed E-state index contributed by atoms with van der Waals surface area (Å²) in [5, 5.41) is 8.29. The first-order valence-corrected chi connectivity index (χ1v) is 6.21. The average Bonchev–Trinajstić information content (AvgIpc) is 2.38. The second-order valence-electron chi connectivity index (χ2n) is 4.48. The third kappa shape index (κ3) is 2.45. The number of carbonyl (C=O) groups excluding carboxylic acids is 3. The van der Waals surface area contributed by atoms with Gasteiger partial charge in [0.1, 0.15) is 12.1 Å². The summed E-state index contributed by atoms with van der Waals surface area (Å²) in [7, 11) is 0. The van der Waals surface area contributed by atoms with Crippen LogP contribution in [0.3, 0.4) is 0 Å². The van der Waals surface area contributed by atoms with Crippen molar-refractivity contribution < 1.29 is 14.4 Å². The average molecular weight is 254 g/mol. The van der Waals surface area contributed by atoms with Gasteiger partial charge in [0.05, 0.1) is 6.54 Å². The molecule has 0 aromatic rings. The summed E-state index contributed by atoms with van der Waals surface area (Å²) in [6.45, 7) is 3.32. The minimum absolute atomic E-state index is 0.100. The molecule has 0 aliphatic carbocycles. The molecule has 2 rings (SSSR count). The molecule has 0 aromatic carbocycles. The Bertz CT molecular complexity index is 361. The van der Waals surface area contributed by atoms with E-state index in [2.05, 4.69) is 16.0 Å². The van der Waals surface area contributed by atoms with Crippen LogP contribution >= 0.6 is 0 Å². The molecule has 100 valence electrons. The fourth-order valence-corrected chi connectivity index (χ4v) is 2.33. The molecule has 3 N–H and O–H groups in total. The van der Waals surface area contributed by atoms with Gasteiger partial charge in [0.15, 0.2) is 0 Å². The van der Waals surface area contributed by atoms with Crippen LogP contribution in [0.2, 0.25) is 0 Å². The van der Waals surface area contributed by atoms with Crippen LogP contribution in [-0.2, 0) is 14.4 Å². The number of hydrogen-bond acceptors (Lipinski definition) is 4. The minimum Gasteiger partial charge on any atom is -0.353 e. The van der Waals surface area contributed by atoms with Crippen LogP contribution < -0.4 is 16.0 Å². The Balaban J connectivity index is 2.02. The van der Waals surface area contributed by atoms with Gasteiger partial charge < -0.3 is 15.5 Å². The molecule has 0 aromatic heterocycles. The highest BCUT2D eigenvalue weighted by Gasteiger charge is 2.36. The van der Waals surface area contributed by atoms with Crippen LogP contribution in [0.5, 0.6) is 0 Å². The maximum absolute atomic E-state index is 12.3. The predicted octanol–water partition coefficient (Wildman–Crippen LogP) is -2.19. The lowest BCUT2D eigenvalue weighted by Crippen LogP contribution is -2.64. The van der Waals surface area contributed by atoms with E-state index in [9.17, 15) is 14.4 Å². The van der Waals surface area contributed by atoms with Gasteiger partial charge in [0.2, 0.25) is 17.7 Å². The van der Waals surface area contributed by atoms with E-state index in [1.54, 1.807) is 4.90 Å². The fourth-order valence-electron chi connectivity index (χ4n) is 2.33. The van der Waals surface area contributed by atoms with Crippen molar-refractivity contribution >= 4 is 17.7 Å². The van der Waals surface area contributed by atoms with Crippen LogP contribution in [-0.4, -0.2) is 60.9 Å². The van der Waals surface area contributed by atoms with Crippen LogP contribution in [0.15, 0.2) is 0 Å². The smallest absolute Gasteiger partial charge is 0.242 e. The number of piperazine rings is 2. The van der Waals surface area contributed by atoms with Gasteiger partial charge in [-0.15, -0.1) is 0 Å². The molecule has 18 heavy (non-hydrogen) atoms. The van der Waals surface area contributed by atoms with Crippen molar-refractivity contribution in [1.82, 2.24) is 20.9 Å². The van der Waals surface area contributed by atoms with Crippen LogP contribution in [0.1, 0.15) is 13.3 Å². The van der Waals surface area contributed by atoms with Crippen LogP contribution in [0.25, 0.3) is 0 Å². The van der Waals surface area contributed by atoms with Gasteiger partial charge >= 0.3 is 0 Å². The molecule has 2 heterocycles. The Morgan fingerprint density at radius 2 is 2.17 bits per heavy atom. The van der Waals surface area contributed by atoms with E-state index in [1.807, 2.05) is 6.92 Å². The predicted molar refractivity (Wildman–Crippen MR) is 63.6 cm³/mol. The molecule has 2 fully saturated rings. The number of nitrogens with zero attached hydrogens (tertiary/aromatic N) is 1. The zero-order valence-electron chi connectivity index (χ0n) is 10.4. The van der Waals surface area contributed by atoms with Crippen LogP contribution in [0, 0.1) is 0 Å². The molecular weight excluding hydrogens is 236 g/mol. The Morgan fingerprint density at radius 1 is 1.39 bits per heavy atom. The molecule has 2 atom stereocenters. The molecule has 2 saturated heterocycles. The summed E-state index contributed by atoms with van der Waals surface area (Å²) in [4.78, 5) is 36.6. The SMILES string of the molecule is CCC1C(=O)NCCN1C(=O)C1CNC(=O)CN1. The third-order valence-corrected chi connectivity index (χ3v) is 3.31. The van der Waals surface area contributed by atoms with Gasteiger partial charge in [-0.2, -0.15) is 0 Å². The summed E-state index contributed by atoms with van der Waals surface area (Å²) in [5.41, 5.74) is 0. The maximum atomic E-state index is 12.3. The molecule has 3 amide bonds. The van der Waals surface area contributed by atoms with Crippen molar-refractivity contribution in [2.45, 2.75) is 25.4 Å². The molecule has 0 saturated carbocycles. The number of amides is 3.